The van der Waals surface area contributed by atoms with Gasteiger partial charge < -0.3 is 15.4 Å². The molecule has 0 atom stereocenters. The second-order valence-electron chi connectivity index (χ2n) is 5.89. The lowest BCUT2D eigenvalue weighted by atomic mass is 10.2. The fourth-order valence-corrected chi connectivity index (χ4v) is 3.44. The molecule has 0 heterocycles. The summed E-state index contributed by atoms with van der Waals surface area (Å²) in [6, 6.07) is 25.8. The number of hydrogen-bond acceptors (Lipinski definition) is 4. The molecule has 3 rings (SSSR count). The van der Waals surface area contributed by atoms with Crippen molar-refractivity contribution >= 4 is 23.4 Å². The molecule has 3 aromatic carbocycles. The fraction of sp³-hybridized carbons (Fsp3) is 0.136. The van der Waals surface area contributed by atoms with Gasteiger partial charge in [0.2, 0.25) is 5.91 Å². The van der Waals surface area contributed by atoms with Crippen LogP contribution < -0.4 is 15.4 Å². The number of methoxy groups -OCH3 is 1. The zero-order valence-corrected chi connectivity index (χ0v) is 16.0. The van der Waals surface area contributed by atoms with Crippen LogP contribution in [0.2, 0.25) is 0 Å². The summed E-state index contributed by atoms with van der Waals surface area (Å²) >= 11 is 1.67. The van der Waals surface area contributed by atoms with Crippen molar-refractivity contribution < 1.29 is 9.53 Å². The summed E-state index contributed by atoms with van der Waals surface area (Å²) in [5.41, 5.74) is 1.98. The molecule has 0 saturated carbocycles. The predicted molar refractivity (Wildman–Crippen MR) is 110 cm³/mol. The quantitative estimate of drug-likeness (QED) is 0.603. The standard InChI is InChI=1S/C22H22N2O2S/c1-26-18-13-11-17(12-14-18)15-24-22(25)16-23-20-9-5-6-10-21(20)27-19-7-3-2-4-8-19/h2-14,23H,15-16H2,1H3,(H,24,25). The highest BCUT2D eigenvalue weighted by Crippen LogP contribution is 2.32. The molecular weight excluding hydrogens is 356 g/mol. The maximum atomic E-state index is 12.2. The number of rotatable bonds is 8. The summed E-state index contributed by atoms with van der Waals surface area (Å²) < 4.78 is 5.14. The van der Waals surface area contributed by atoms with Gasteiger partial charge in [-0.05, 0) is 42.0 Å². The zero-order chi connectivity index (χ0) is 18.9. The molecule has 0 aliphatic carbocycles. The SMILES string of the molecule is COc1ccc(CNC(=O)CNc2ccccc2Sc2ccccc2)cc1. The van der Waals surface area contributed by atoms with E-state index in [-0.39, 0.29) is 12.5 Å². The van der Waals surface area contributed by atoms with Gasteiger partial charge in [0.15, 0.2) is 0 Å². The van der Waals surface area contributed by atoms with Crippen LogP contribution in [0.5, 0.6) is 5.75 Å². The van der Waals surface area contributed by atoms with E-state index in [0.717, 1.165) is 26.8 Å². The van der Waals surface area contributed by atoms with Gasteiger partial charge in [-0.2, -0.15) is 0 Å². The Hall–Kier alpha value is -2.92. The van der Waals surface area contributed by atoms with Crippen LogP contribution in [0.15, 0.2) is 88.7 Å². The minimum atomic E-state index is -0.0506. The van der Waals surface area contributed by atoms with Crippen LogP contribution in [0.25, 0.3) is 0 Å². The van der Waals surface area contributed by atoms with Crippen molar-refractivity contribution in [3.8, 4) is 5.75 Å². The number of carbonyl (C=O) groups is 1. The molecule has 5 heteroatoms. The Morgan fingerprint density at radius 1 is 0.926 bits per heavy atom. The highest BCUT2D eigenvalue weighted by atomic mass is 32.2. The van der Waals surface area contributed by atoms with E-state index in [1.54, 1.807) is 18.9 Å². The zero-order valence-electron chi connectivity index (χ0n) is 15.1. The van der Waals surface area contributed by atoms with E-state index in [9.17, 15) is 4.79 Å². The molecule has 0 unspecified atom stereocenters. The molecule has 4 nitrogen and oxygen atoms in total. The summed E-state index contributed by atoms with van der Waals surface area (Å²) in [4.78, 5) is 14.4. The van der Waals surface area contributed by atoms with Crippen LogP contribution in [-0.2, 0) is 11.3 Å². The summed E-state index contributed by atoms with van der Waals surface area (Å²) in [7, 11) is 1.64. The lowest BCUT2D eigenvalue weighted by Gasteiger charge is -2.12. The molecule has 0 fully saturated rings. The molecule has 0 aliphatic rings. The number of anilines is 1. The summed E-state index contributed by atoms with van der Waals surface area (Å²) in [5.74, 6) is 0.754. The lowest BCUT2D eigenvalue weighted by molar-refractivity contribution is -0.119. The molecule has 0 aromatic heterocycles. The Bertz CT molecular complexity index is 867. The van der Waals surface area contributed by atoms with E-state index in [1.165, 1.54) is 0 Å². The third-order valence-electron chi connectivity index (χ3n) is 3.95. The molecule has 27 heavy (non-hydrogen) atoms. The van der Waals surface area contributed by atoms with E-state index >= 15 is 0 Å². The number of hydrogen-bond donors (Lipinski definition) is 2. The molecule has 0 saturated heterocycles. The van der Waals surface area contributed by atoms with Gasteiger partial charge in [0.1, 0.15) is 5.75 Å². The Balaban J connectivity index is 1.52. The second-order valence-corrected chi connectivity index (χ2v) is 7.00. The van der Waals surface area contributed by atoms with Crippen molar-refractivity contribution in [2.75, 3.05) is 19.0 Å². The monoisotopic (exact) mass is 378 g/mol. The van der Waals surface area contributed by atoms with E-state index in [2.05, 4.69) is 28.8 Å². The number of carbonyl (C=O) groups excluding carboxylic acids is 1. The molecule has 138 valence electrons. The molecule has 0 aliphatic heterocycles. The third kappa shape index (κ3) is 5.79. The van der Waals surface area contributed by atoms with Gasteiger partial charge in [-0.3, -0.25) is 4.79 Å². The minimum absolute atomic E-state index is 0.0506. The average Bonchev–Trinajstić information content (AvgIpc) is 2.73. The molecule has 2 N–H and O–H groups in total. The number of benzene rings is 3. The van der Waals surface area contributed by atoms with Gasteiger partial charge >= 0.3 is 0 Å². The maximum Gasteiger partial charge on any atom is 0.239 e. The van der Waals surface area contributed by atoms with Crippen molar-refractivity contribution in [3.05, 3.63) is 84.4 Å². The normalized spacial score (nSPS) is 10.3. The first-order chi connectivity index (χ1) is 13.2. The van der Waals surface area contributed by atoms with Gasteiger partial charge in [0, 0.05) is 22.0 Å². The van der Waals surface area contributed by atoms with Crippen molar-refractivity contribution in [2.45, 2.75) is 16.3 Å². The van der Waals surface area contributed by atoms with Crippen LogP contribution in [0.4, 0.5) is 5.69 Å². The van der Waals surface area contributed by atoms with Crippen LogP contribution in [0, 0.1) is 0 Å². The Kier molecular flexibility index (Phi) is 6.77. The number of ether oxygens (including phenoxy) is 1. The Labute approximate surface area is 164 Å². The molecule has 0 bridgehead atoms. The third-order valence-corrected chi connectivity index (χ3v) is 5.03. The first-order valence-electron chi connectivity index (χ1n) is 8.70. The topological polar surface area (TPSA) is 50.4 Å². The highest BCUT2D eigenvalue weighted by Gasteiger charge is 2.06. The molecule has 3 aromatic rings. The van der Waals surface area contributed by atoms with Crippen LogP contribution in [0.1, 0.15) is 5.56 Å². The first kappa shape index (κ1) is 18.9. The summed E-state index contributed by atoms with van der Waals surface area (Å²) in [6.45, 7) is 0.716. The van der Waals surface area contributed by atoms with E-state index in [0.29, 0.717) is 6.54 Å². The van der Waals surface area contributed by atoms with Gasteiger partial charge in [-0.15, -0.1) is 0 Å². The average molecular weight is 378 g/mol. The van der Waals surface area contributed by atoms with E-state index in [4.69, 9.17) is 4.74 Å². The predicted octanol–water partition coefficient (Wildman–Crippen LogP) is 4.57. The Morgan fingerprint density at radius 3 is 2.37 bits per heavy atom. The van der Waals surface area contributed by atoms with E-state index in [1.807, 2.05) is 60.7 Å². The molecular formula is C22H22N2O2S. The molecule has 0 spiro atoms. The largest absolute Gasteiger partial charge is 0.497 e. The second kappa shape index (κ2) is 9.69. The fourth-order valence-electron chi connectivity index (χ4n) is 2.50. The van der Waals surface area contributed by atoms with Crippen molar-refractivity contribution in [3.63, 3.8) is 0 Å². The summed E-state index contributed by atoms with van der Waals surface area (Å²) in [6.07, 6.45) is 0. The van der Waals surface area contributed by atoms with Gasteiger partial charge in [0.05, 0.1) is 13.7 Å². The lowest BCUT2D eigenvalue weighted by Crippen LogP contribution is -2.29. The van der Waals surface area contributed by atoms with Crippen molar-refractivity contribution in [1.29, 1.82) is 0 Å². The number of amides is 1. The number of nitrogens with one attached hydrogen (secondary N) is 2. The number of para-hydroxylation sites is 1. The first-order valence-corrected chi connectivity index (χ1v) is 9.51. The van der Waals surface area contributed by atoms with Gasteiger partial charge in [-0.1, -0.05) is 54.2 Å². The van der Waals surface area contributed by atoms with Crippen molar-refractivity contribution in [2.24, 2.45) is 0 Å². The van der Waals surface area contributed by atoms with Crippen LogP contribution in [0.3, 0.4) is 0 Å². The van der Waals surface area contributed by atoms with E-state index < -0.39 is 0 Å². The summed E-state index contributed by atoms with van der Waals surface area (Å²) in [5, 5.41) is 6.16. The molecule has 0 radical (unpaired) electrons. The minimum Gasteiger partial charge on any atom is -0.497 e. The van der Waals surface area contributed by atoms with Crippen molar-refractivity contribution in [1.82, 2.24) is 5.32 Å². The highest BCUT2D eigenvalue weighted by molar-refractivity contribution is 7.99. The van der Waals surface area contributed by atoms with Crippen LogP contribution >= 0.6 is 11.8 Å². The van der Waals surface area contributed by atoms with Gasteiger partial charge in [-0.25, -0.2) is 0 Å². The van der Waals surface area contributed by atoms with Gasteiger partial charge in [0.25, 0.3) is 0 Å². The smallest absolute Gasteiger partial charge is 0.239 e. The van der Waals surface area contributed by atoms with Crippen LogP contribution in [-0.4, -0.2) is 19.6 Å². The Morgan fingerprint density at radius 2 is 1.63 bits per heavy atom. The maximum absolute atomic E-state index is 12.2. The molecule has 1 amide bonds.